The summed E-state index contributed by atoms with van der Waals surface area (Å²) in [6, 6.07) is 1.61. The number of hydrogen-bond donors (Lipinski definition) is 1. The number of H-pyrrole nitrogens is 1. The highest BCUT2D eigenvalue weighted by Crippen LogP contribution is 2.31. The molecule has 0 radical (unpaired) electrons. The van der Waals surface area contributed by atoms with E-state index in [0.717, 1.165) is 18.7 Å². The van der Waals surface area contributed by atoms with Crippen molar-refractivity contribution in [1.29, 1.82) is 0 Å². The van der Waals surface area contributed by atoms with Gasteiger partial charge in [-0.1, -0.05) is 6.92 Å². The standard InChI is InChI=1S/C20H23N7O3/c1-12-9-26(20(29)15-2-5-21-11-23-15)10-14(12)17-24-19(28)16-8-22-18(27(16)25-17)13-3-6-30-7-4-13/h2,5,8,11-14H,3-4,6-7,9-10H2,1H3,(H,24,25,28). The molecule has 2 aliphatic heterocycles. The maximum atomic E-state index is 12.8. The molecule has 2 unspecified atom stereocenters. The van der Waals surface area contributed by atoms with Crippen LogP contribution in [0.1, 0.15) is 53.7 Å². The molecule has 0 aromatic carbocycles. The van der Waals surface area contributed by atoms with Crippen molar-refractivity contribution < 1.29 is 9.53 Å². The molecule has 2 saturated heterocycles. The van der Waals surface area contributed by atoms with Gasteiger partial charge in [0.05, 0.1) is 6.20 Å². The van der Waals surface area contributed by atoms with Gasteiger partial charge in [-0.25, -0.2) is 19.5 Å². The number of aromatic nitrogens is 6. The van der Waals surface area contributed by atoms with Crippen LogP contribution in [-0.2, 0) is 4.74 Å². The lowest BCUT2D eigenvalue weighted by Gasteiger charge is -2.21. The average Bonchev–Trinajstić information content (AvgIpc) is 3.38. The van der Waals surface area contributed by atoms with E-state index >= 15 is 0 Å². The summed E-state index contributed by atoms with van der Waals surface area (Å²) >= 11 is 0. The van der Waals surface area contributed by atoms with Gasteiger partial charge in [0.25, 0.3) is 11.5 Å². The third-order valence-electron chi connectivity index (χ3n) is 6.08. The van der Waals surface area contributed by atoms with E-state index in [-0.39, 0.29) is 29.2 Å². The summed E-state index contributed by atoms with van der Waals surface area (Å²) in [6.45, 7) is 4.49. The SMILES string of the molecule is CC1CN(C(=O)c2ccncn2)CC1c1nn2c(C3CCOCC3)ncc2c(=O)[nH]1. The highest BCUT2D eigenvalue weighted by Gasteiger charge is 2.36. The summed E-state index contributed by atoms with van der Waals surface area (Å²) in [5.41, 5.74) is 0.601. The molecule has 0 bridgehead atoms. The molecule has 2 atom stereocenters. The van der Waals surface area contributed by atoms with Gasteiger partial charge in [0.2, 0.25) is 0 Å². The molecule has 1 amide bonds. The topological polar surface area (TPSA) is 118 Å². The number of carbonyl (C=O) groups is 1. The maximum absolute atomic E-state index is 12.8. The lowest BCUT2D eigenvalue weighted by molar-refractivity contribution is 0.0780. The maximum Gasteiger partial charge on any atom is 0.276 e. The van der Waals surface area contributed by atoms with Crippen LogP contribution in [-0.4, -0.2) is 66.7 Å². The second-order valence-corrected chi connectivity index (χ2v) is 8.03. The van der Waals surface area contributed by atoms with Gasteiger partial charge in [-0.15, -0.1) is 0 Å². The molecule has 2 aliphatic rings. The van der Waals surface area contributed by atoms with E-state index in [9.17, 15) is 9.59 Å². The first-order valence-corrected chi connectivity index (χ1v) is 10.2. The molecular weight excluding hydrogens is 386 g/mol. The van der Waals surface area contributed by atoms with Gasteiger partial charge in [0.1, 0.15) is 23.7 Å². The Kier molecular flexibility index (Phi) is 4.78. The Morgan fingerprint density at radius 2 is 2.07 bits per heavy atom. The molecule has 30 heavy (non-hydrogen) atoms. The number of aromatic amines is 1. The normalized spacial score (nSPS) is 22.6. The van der Waals surface area contributed by atoms with Gasteiger partial charge >= 0.3 is 0 Å². The summed E-state index contributed by atoms with van der Waals surface area (Å²) in [5.74, 6) is 1.55. The van der Waals surface area contributed by atoms with Gasteiger partial charge in [0, 0.05) is 44.3 Å². The largest absolute Gasteiger partial charge is 0.381 e. The number of fused-ring (bicyclic) bond motifs is 1. The van der Waals surface area contributed by atoms with Crippen molar-refractivity contribution in [2.24, 2.45) is 5.92 Å². The van der Waals surface area contributed by atoms with Crippen molar-refractivity contribution >= 4 is 11.4 Å². The Hall–Kier alpha value is -3.14. The van der Waals surface area contributed by atoms with E-state index in [1.807, 2.05) is 0 Å². The first-order chi connectivity index (χ1) is 14.6. The summed E-state index contributed by atoms with van der Waals surface area (Å²) in [6.07, 6.45) is 6.24. The third kappa shape index (κ3) is 3.26. The molecular formula is C20H23N7O3. The van der Waals surface area contributed by atoms with Gasteiger partial charge in [0.15, 0.2) is 5.52 Å². The zero-order valence-corrected chi connectivity index (χ0v) is 16.7. The number of nitrogens with one attached hydrogen (secondary N) is 1. The molecule has 0 saturated carbocycles. The molecule has 5 heterocycles. The van der Waals surface area contributed by atoms with Crippen molar-refractivity contribution in [3.05, 3.63) is 52.5 Å². The predicted octanol–water partition coefficient (Wildman–Crippen LogP) is 0.977. The fraction of sp³-hybridized carbons (Fsp3) is 0.500. The van der Waals surface area contributed by atoms with E-state index in [1.54, 1.807) is 27.9 Å². The van der Waals surface area contributed by atoms with Crippen molar-refractivity contribution in [2.75, 3.05) is 26.3 Å². The summed E-state index contributed by atoms with van der Waals surface area (Å²) in [7, 11) is 0. The summed E-state index contributed by atoms with van der Waals surface area (Å²) in [5, 5.41) is 4.76. The molecule has 2 fully saturated rings. The number of amides is 1. The van der Waals surface area contributed by atoms with Crippen LogP contribution in [0.5, 0.6) is 0 Å². The molecule has 0 aliphatic carbocycles. The number of ether oxygens (including phenoxy) is 1. The number of nitrogens with zero attached hydrogens (tertiary/aromatic N) is 6. The van der Waals surface area contributed by atoms with Crippen LogP contribution in [0.2, 0.25) is 0 Å². The van der Waals surface area contributed by atoms with Gasteiger partial charge in [-0.3, -0.25) is 9.59 Å². The Morgan fingerprint density at radius 1 is 1.23 bits per heavy atom. The van der Waals surface area contributed by atoms with E-state index in [0.29, 0.717) is 43.3 Å². The second kappa shape index (κ2) is 7.60. The zero-order valence-electron chi connectivity index (χ0n) is 16.7. The summed E-state index contributed by atoms with van der Waals surface area (Å²) in [4.78, 5) is 42.6. The minimum Gasteiger partial charge on any atom is -0.381 e. The third-order valence-corrected chi connectivity index (χ3v) is 6.08. The quantitative estimate of drug-likeness (QED) is 0.685. The summed E-state index contributed by atoms with van der Waals surface area (Å²) < 4.78 is 7.14. The van der Waals surface area contributed by atoms with Crippen LogP contribution < -0.4 is 5.56 Å². The Balaban J connectivity index is 1.45. The highest BCUT2D eigenvalue weighted by atomic mass is 16.5. The van der Waals surface area contributed by atoms with Crippen LogP contribution in [0.3, 0.4) is 0 Å². The van der Waals surface area contributed by atoms with Gasteiger partial charge < -0.3 is 14.6 Å². The minimum atomic E-state index is -0.210. The fourth-order valence-corrected chi connectivity index (χ4v) is 4.40. The molecule has 156 valence electrons. The molecule has 3 aromatic rings. The number of imidazole rings is 1. The molecule has 1 N–H and O–H groups in total. The number of carbonyl (C=O) groups excluding carboxylic acids is 1. The van der Waals surface area contributed by atoms with Crippen molar-refractivity contribution in [1.82, 2.24) is 34.4 Å². The minimum absolute atomic E-state index is 0.0715. The van der Waals surface area contributed by atoms with Crippen molar-refractivity contribution in [2.45, 2.75) is 31.6 Å². The first kappa shape index (κ1) is 18.9. The molecule has 10 heteroatoms. The lowest BCUT2D eigenvalue weighted by Crippen LogP contribution is -2.30. The van der Waals surface area contributed by atoms with Crippen LogP contribution in [0.15, 0.2) is 29.6 Å². The zero-order chi connectivity index (χ0) is 20.7. The van der Waals surface area contributed by atoms with E-state index < -0.39 is 0 Å². The van der Waals surface area contributed by atoms with Crippen LogP contribution in [0, 0.1) is 5.92 Å². The lowest BCUT2D eigenvalue weighted by atomic mass is 9.97. The van der Waals surface area contributed by atoms with Crippen LogP contribution in [0.25, 0.3) is 5.52 Å². The Labute approximate surface area is 172 Å². The molecule has 10 nitrogen and oxygen atoms in total. The molecule has 0 spiro atoms. The Morgan fingerprint density at radius 3 is 2.83 bits per heavy atom. The fourth-order valence-electron chi connectivity index (χ4n) is 4.40. The van der Waals surface area contributed by atoms with Gasteiger partial charge in [-0.05, 0) is 24.8 Å². The molecule has 5 rings (SSSR count). The van der Waals surface area contributed by atoms with Crippen molar-refractivity contribution in [3.8, 4) is 0 Å². The van der Waals surface area contributed by atoms with Crippen LogP contribution in [0.4, 0.5) is 0 Å². The monoisotopic (exact) mass is 409 g/mol. The van der Waals surface area contributed by atoms with Gasteiger partial charge in [-0.2, -0.15) is 5.10 Å². The van der Waals surface area contributed by atoms with Crippen LogP contribution >= 0.6 is 0 Å². The first-order valence-electron chi connectivity index (χ1n) is 10.2. The number of hydrogen-bond acceptors (Lipinski definition) is 7. The van der Waals surface area contributed by atoms with Crippen molar-refractivity contribution in [3.63, 3.8) is 0 Å². The Bertz CT molecular complexity index is 1120. The average molecular weight is 409 g/mol. The predicted molar refractivity (Wildman–Crippen MR) is 106 cm³/mol. The van der Waals surface area contributed by atoms with E-state index in [2.05, 4.69) is 26.9 Å². The smallest absolute Gasteiger partial charge is 0.276 e. The second-order valence-electron chi connectivity index (χ2n) is 8.03. The number of likely N-dealkylation sites (tertiary alicyclic amines) is 1. The number of rotatable bonds is 3. The molecule has 3 aromatic heterocycles. The highest BCUT2D eigenvalue weighted by molar-refractivity contribution is 5.92. The van der Waals surface area contributed by atoms with E-state index in [4.69, 9.17) is 9.84 Å². The van der Waals surface area contributed by atoms with E-state index in [1.165, 1.54) is 6.33 Å².